The van der Waals surface area contributed by atoms with Crippen LogP contribution in [0.3, 0.4) is 0 Å². The highest BCUT2D eigenvalue weighted by Crippen LogP contribution is 2.09. The first-order valence-electron chi connectivity index (χ1n) is 6.34. The van der Waals surface area contributed by atoms with Crippen LogP contribution in [0, 0.1) is 5.53 Å². The lowest BCUT2D eigenvalue weighted by molar-refractivity contribution is 0.854. The van der Waals surface area contributed by atoms with E-state index in [0.29, 0.717) is 6.54 Å². The molecule has 0 atom stereocenters. The number of allylic oxidation sites excluding steroid dienone is 5. The Labute approximate surface area is 106 Å². The van der Waals surface area contributed by atoms with E-state index < -0.39 is 0 Å². The molecule has 0 spiro atoms. The van der Waals surface area contributed by atoms with E-state index in [1.165, 1.54) is 16.7 Å². The van der Waals surface area contributed by atoms with Gasteiger partial charge >= 0.3 is 0 Å². The fraction of sp³-hybridized carbons (Fsp3) is 0.600. The molecule has 0 aliphatic rings. The van der Waals surface area contributed by atoms with Gasteiger partial charge in [-0.15, -0.1) is 0 Å². The Morgan fingerprint density at radius 2 is 1.53 bits per heavy atom. The molecule has 0 unspecified atom stereocenters. The zero-order valence-corrected chi connectivity index (χ0v) is 11.7. The average molecular weight is 234 g/mol. The molecular formula is C15H26N2. The van der Waals surface area contributed by atoms with Crippen LogP contribution in [-0.2, 0) is 0 Å². The highest BCUT2D eigenvalue weighted by Gasteiger charge is 1.90. The van der Waals surface area contributed by atoms with Gasteiger partial charge in [0.25, 0.3) is 0 Å². The lowest BCUT2D eigenvalue weighted by Gasteiger charge is -1.99. The summed E-state index contributed by atoms with van der Waals surface area (Å²) >= 11 is 0. The summed E-state index contributed by atoms with van der Waals surface area (Å²) in [6.45, 7) is 9.20. The Morgan fingerprint density at radius 1 is 0.941 bits per heavy atom. The minimum Gasteiger partial charge on any atom is -0.210 e. The van der Waals surface area contributed by atoms with Crippen LogP contribution in [-0.4, -0.2) is 6.54 Å². The third-order valence-electron chi connectivity index (χ3n) is 2.64. The second-order valence-corrected chi connectivity index (χ2v) is 4.79. The molecule has 0 aromatic carbocycles. The third-order valence-corrected chi connectivity index (χ3v) is 2.64. The van der Waals surface area contributed by atoms with Crippen LogP contribution in [0.4, 0.5) is 0 Å². The summed E-state index contributed by atoms with van der Waals surface area (Å²) in [6, 6.07) is 0. The quantitative estimate of drug-likeness (QED) is 0.429. The molecule has 17 heavy (non-hydrogen) atoms. The summed E-state index contributed by atoms with van der Waals surface area (Å²) in [4.78, 5) is 0. The van der Waals surface area contributed by atoms with Crippen molar-refractivity contribution in [2.24, 2.45) is 5.11 Å². The van der Waals surface area contributed by atoms with E-state index in [1.807, 2.05) is 0 Å². The Bertz CT molecular complexity index is 305. The number of hydrogen-bond acceptors (Lipinski definition) is 2. The van der Waals surface area contributed by atoms with Gasteiger partial charge in [-0.2, -0.15) is 5.11 Å². The summed E-state index contributed by atoms with van der Waals surface area (Å²) in [5.41, 5.74) is 10.9. The molecular weight excluding hydrogens is 208 g/mol. The van der Waals surface area contributed by atoms with Gasteiger partial charge in [-0.05, 0) is 53.4 Å². The minimum atomic E-state index is 0.617. The predicted octanol–water partition coefficient (Wildman–Crippen LogP) is 5.44. The molecule has 0 aliphatic carbocycles. The maximum absolute atomic E-state index is 6.73. The van der Waals surface area contributed by atoms with Crippen molar-refractivity contribution in [2.75, 3.05) is 6.54 Å². The Kier molecular flexibility index (Phi) is 9.31. The van der Waals surface area contributed by atoms with Crippen LogP contribution in [0.2, 0.25) is 0 Å². The van der Waals surface area contributed by atoms with Gasteiger partial charge in [0.15, 0.2) is 0 Å². The van der Waals surface area contributed by atoms with Gasteiger partial charge in [-0.3, -0.25) is 0 Å². The van der Waals surface area contributed by atoms with Crippen LogP contribution in [0.15, 0.2) is 40.1 Å². The van der Waals surface area contributed by atoms with Crippen molar-refractivity contribution in [3.05, 3.63) is 34.9 Å². The predicted molar refractivity (Wildman–Crippen MR) is 75.4 cm³/mol. The van der Waals surface area contributed by atoms with E-state index in [4.69, 9.17) is 5.53 Å². The van der Waals surface area contributed by atoms with Crippen molar-refractivity contribution in [3.63, 3.8) is 0 Å². The van der Waals surface area contributed by atoms with Gasteiger partial charge in [0, 0.05) is 0 Å². The van der Waals surface area contributed by atoms with Crippen molar-refractivity contribution in [1.82, 2.24) is 0 Å². The summed E-state index contributed by atoms with van der Waals surface area (Å²) in [6.07, 6.45) is 11.0. The molecule has 1 N–H and O–H groups in total. The summed E-state index contributed by atoms with van der Waals surface area (Å²) < 4.78 is 0. The first-order valence-corrected chi connectivity index (χ1v) is 6.34. The van der Waals surface area contributed by atoms with Crippen LogP contribution in [0.5, 0.6) is 0 Å². The zero-order chi connectivity index (χ0) is 13.1. The van der Waals surface area contributed by atoms with Crippen LogP contribution in [0.25, 0.3) is 0 Å². The first kappa shape index (κ1) is 15.8. The van der Waals surface area contributed by atoms with E-state index in [0.717, 1.165) is 25.7 Å². The van der Waals surface area contributed by atoms with Gasteiger partial charge in [-0.25, -0.2) is 5.53 Å². The lowest BCUT2D eigenvalue weighted by atomic mass is 10.1. The maximum Gasteiger partial charge on any atom is 0.0633 e. The molecule has 96 valence electrons. The molecule has 2 nitrogen and oxygen atoms in total. The highest BCUT2D eigenvalue weighted by molar-refractivity contribution is 5.07. The number of nitrogens with one attached hydrogen (secondary N) is 1. The molecule has 2 heteroatoms. The third kappa shape index (κ3) is 11.1. The second kappa shape index (κ2) is 10.0. The van der Waals surface area contributed by atoms with Crippen molar-refractivity contribution >= 4 is 0 Å². The smallest absolute Gasteiger partial charge is 0.0633 e. The molecule has 0 aliphatic heterocycles. The molecule has 0 fully saturated rings. The summed E-state index contributed by atoms with van der Waals surface area (Å²) in [7, 11) is 0. The molecule has 0 heterocycles. The summed E-state index contributed by atoms with van der Waals surface area (Å²) in [5.74, 6) is 0. The van der Waals surface area contributed by atoms with Crippen LogP contribution >= 0.6 is 0 Å². The fourth-order valence-electron chi connectivity index (χ4n) is 1.49. The number of rotatable bonds is 8. The fourth-order valence-corrected chi connectivity index (χ4v) is 1.49. The molecule has 0 rings (SSSR count). The van der Waals surface area contributed by atoms with Crippen molar-refractivity contribution in [2.45, 2.75) is 53.4 Å². The lowest BCUT2D eigenvalue weighted by Crippen LogP contribution is -1.82. The molecule has 0 saturated heterocycles. The van der Waals surface area contributed by atoms with E-state index in [9.17, 15) is 0 Å². The molecule has 0 aromatic rings. The standard InChI is InChI=1S/C15H26N2/c1-13(2)7-5-8-14(3)9-6-10-15(4)11-12-17-16/h7,9-10,16H,5-6,8,11-12H2,1-4H3. The van der Waals surface area contributed by atoms with Crippen molar-refractivity contribution in [1.29, 1.82) is 5.53 Å². The van der Waals surface area contributed by atoms with E-state index in [2.05, 4.69) is 51.0 Å². The normalized spacial score (nSPS) is 12.5. The van der Waals surface area contributed by atoms with E-state index in [1.54, 1.807) is 0 Å². The summed E-state index contributed by atoms with van der Waals surface area (Å²) in [5, 5.41) is 3.36. The largest absolute Gasteiger partial charge is 0.210 e. The van der Waals surface area contributed by atoms with Gasteiger partial charge in [-0.1, -0.05) is 34.9 Å². The SMILES string of the molecule is CC(C)=CCCC(C)=CCC=C(C)CCN=N. The van der Waals surface area contributed by atoms with Crippen LogP contribution < -0.4 is 0 Å². The number of hydrogen-bond donors (Lipinski definition) is 1. The molecule has 0 amide bonds. The van der Waals surface area contributed by atoms with Crippen molar-refractivity contribution in [3.8, 4) is 0 Å². The molecule has 0 aromatic heterocycles. The van der Waals surface area contributed by atoms with Gasteiger partial charge in [0.1, 0.15) is 0 Å². The second-order valence-electron chi connectivity index (χ2n) is 4.79. The van der Waals surface area contributed by atoms with E-state index >= 15 is 0 Å². The Hall–Kier alpha value is -1.18. The topological polar surface area (TPSA) is 36.2 Å². The maximum atomic E-state index is 6.73. The Balaban J connectivity index is 3.90. The van der Waals surface area contributed by atoms with Gasteiger partial charge in [0.2, 0.25) is 0 Å². The highest BCUT2D eigenvalue weighted by atomic mass is 14.9. The monoisotopic (exact) mass is 234 g/mol. The Morgan fingerprint density at radius 3 is 2.06 bits per heavy atom. The van der Waals surface area contributed by atoms with Crippen molar-refractivity contribution < 1.29 is 0 Å². The van der Waals surface area contributed by atoms with Gasteiger partial charge < -0.3 is 0 Å². The molecule has 0 bridgehead atoms. The zero-order valence-electron chi connectivity index (χ0n) is 11.7. The minimum absolute atomic E-state index is 0.617. The van der Waals surface area contributed by atoms with Gasteiger partial charge in [0.05, 0.1) is 6.54 Å². The van der Waals surface area contributed by atoms with Crippen LogP contribution in [0.1, 0.15) is 53.4 Å². The van der Waals surface area contributed by atoms with E-state index in [-0.39, 0.29) is 0 Å². The number of nitrogens with zero attached hydrogens (tertiary/aromatic N) is 1. The molecule has 0 radical (unpaired) electrons. The first-order chi connectivity index (χ1) is 8.06. The average Bonchev–Trinajstić information content (AvgIpc) is 2.25. The molecule has 0 saturated carbocycles.